The van der Waals surface area contributed by atoms with Gasteiger partial charge in [-0.3, -0.25) is 4.79 Å². The van der Waals surface area contributed by atoms with Crippen molar-refractivity contribution in [2.24, 2.45) is 0 Å². The molecule has 0 saturated heterocycles. The molecule has 2 heterocycles. The van der Waals surface area contributed by atoms with E-state index in [9.17, 15) is 4.79 Å². The molecule has 0 bridgehead atoms. The normalized spacial score (nSPS) is 10.6. The molecule has 29 heavy (non-hydrogen) atoms. The van der Waals surface area contributed by atoms with Crippen molar-refractivity contribution in [2.45, 2.75) is 27.3 Å². The number of nitrogens with one attached hydrogen (secondary N) is 1. The Morgan fingerprint density at radius 3 is 2.34 bits per heavy atom. The third-order valence-electron chi connectivity index (χ3n) is 3.92. The van der Waals surface area contributed by atoms with Gasteiger partial charge in [0.05, 0.1) is 31.2 Å². The third kappa shape index (κ3) is 5.08. The number of benzene rings is 1. The molecule has 154 valence electrons. The predicted octanol–water partition coefficient (Wildman–Crippen LogP) is 4.53. The van der Waals surface area contributed by atoms with Crippen LogP contribution in [0, 0.1) is 0 Å². The second-order valence-corrected chi connectivity index (χ2v) is 6.89. The summed E-state index contributed by atoms with van der Waals surface area (Å²) >= 11 is 1.57. The molecular weight excluding hydrogens is 392 g/mol. The van der Waals surface area contributed by atoms with Crippen molar-refractivity contribution in [3.05, 3.63) is 47.0 Å². The minimum atomic E-state index is -0.268. The van der Waals surface area contributed by atoms with E-state index in [4.69, 9.17) is 18.7 Å². The molecule has 0 radical (unpaired) electrons. The van der Waals surface area contributed by atoms with E-state index in [2.05, 4.69) is 10.5 Å². The topological polar surface area (TPSA) is 82.8 Å². The molecule has 1 N–H and O–H groups in total. The Balaban J connectivity index is 1.75. The van der Waals surface area contributed by atoms with Crippen molar-refractivity contribution in [2.75, 3.05) is 19.8 Å². The van der Waals surface area contributed by atoms with Crippen LogP contribution in [0.15, 0.2) is 40.2 Å². The van der Waals surface area contributed by atoms with E-state index < -0.39 is 0 Å². The number of hydrogen-bond acceptors (Lipinski definition) is 7. The maximum Gasteiger partial charge on any atom is 0.251 e. The van der Waals surface area contributed by atoms with Gasteiger partial charge in [-0.25, -0.2) is 0 Å². The number of amides is 1. The SMILES string of the molecule is CCOc1cc(C(=O)NCc2cc(-c3cccs3)on2)cc(OCC)c1OCC. The molecule has 0 atom stereocenters. The van der Waals surface area contributed by atoms with Gasteiger partial charge in [-0.15, -0.1) is 11.3 Å². The lowest BCUT2D eigenvalue weighted by atomic mass is 10.1. The minimum Gasteiger partial charge on any atom is -0.490 e. The zero-order valence-electron chi connectivity index (χ0n) is 16.7. The lowest BCUT2D eigenvalue weighted by Gasteiger charge is -2.17. The summed E-state index contributed by atoms with van der Waals surface area (Å²) in [6, 6.07) is 9.04. The van der Waals surface area contributed by atoms with Gasteiger partial charge in [0, 0.05) is 11.6 Å². The summed E-state index contributed by atoms with van der Waals surface area (Å²) in [6.45, 7) is 7.23. The van der Waals surface area contributed by atoms with E-state index in [1.54, 1.807) is 23.5 Å². The highest BCUT2D eigenvalue weighted by atomic mass is 32.1. The molecule has 2 aromatic heterocycles. The standard InChI is InChI=1S/C21H24N2O5S/c1-4-25-17-10-14(11-18(26-5-2)20(17)27-6-3)21(24)22-13-15-12-16(28-23-15)19-8-7-9-29-19/h7-12H,4-6,13H2,1-3H3,(H,22,24). The number of aromatic nitrogens is 1. The van der Waals surface area contributed by atoms with Crippen LogP contribution in [0.25, 0.3) is 10.6 Å². The average molecular weight is 416 g/mol. The zero-order valence-corrected chi connectivity index (χ0v) is 17.5. The van der Waals surface area contributed by atoms with E-state index in [1.807, 2.05) is 44.4 Å². The van der Waals surface area contributed by atoms with Crippen LogP contribution in [-0.2, 0) is 6.54 Å². The summed E-state index contributed by atoms with van der Waals surface area (Å²) in [4.78, 5) is 13.7. The van der Waals surface area contributed by atoms with Crippen molar-refractivity contribution < 1.29 is 23.5 Å². The third-order valence-corrected chi connectivity index (χ3v) is 4.81. The first-order valence-electron chi connectivity index (χ1n) is 9.50. The Labute approximate surface area is 173 Å². The molecule has 0 aliphatic rings. The molecule has 1 aromatic carbocycles. The van der Waals surface area contributed by atoms with Crippen molar-refractivity contribution in [1.82, 2.24) is 10.5 Å². The molecule has 3 aromatic rings. The van der Waals surface area contributed by atoms with Crippen LogP contribution in [0.4, 0.5) is 0 Å². The molecule has 0 saturated carbocycles. The van der Waals surface area contributed by atoms with Gasteiger partial charge < -0.3 is 24.1 Å². The Bertz CT molecular complexity index is 909. The van der Waals surface area contributed by atoms with E-state index in [-0.39, 0.29) is 12.5 Å². The zero-order chi connectivity index (χ0) is 20.6. The Kier molecular flexibility index (Phi) is 7.13. The van der Waals surface area contributed by atoms with Crippen LogP contribution < -0.4 is 19.5 Å². The largest absolute Gasteiger partial charge is 0.490 e. The van der Waals surface area contributed by atoms with Crippen molar-refractivity contribution in [3.63, 3.8) is 0 Å². The number of rotatable bonds is 10. The number of hydrogen-bond donors (Lipinski definition) is 1. The summed E-state index contributed by atoms with van der Waals surface area (Å²) in [5.74, 6) is 1.88. The molecule has 0 aliphatic carbocycles. The molecular formula is C21H24N2O5S. The van der Waals surface area contributed by atoms with Crippen molar-refractivity contribution in [3.8, 4) is 27.9 Å². The number of ether oxygens (including phenoxy) is 3. The highest BCUT2D eigenvalue weighted by Gasteiger charge is 2.18. The maximum absolute atomic E-state index is 12.7. The highest BCUT2D eigenvalue weighted by molar-refractivity contribution is 7.13. The van der Waals surface area contributed by atoms with Crippen LogP contribution in [0.5, 0.6) is 17.2 Å². The molecule has 8 heteroatoms. The van der Waals surface area contributed by atoms with Gasteiger partial charge in [-0.2, -0.15) is 0 Å². The second-order valence-electron chi connectivity index (χ2n) is 5.94. The van der Waals surface area contributed by atoms with Gasteiger partial charge in [0.2, 0.25) is 5.75 Å². The smallest absolute Gasteiger partial charge is 0.251 e. The fraction of sp³-hybridized carbons (Fsp3) is 0.333. The van der Waals surface area contributed by atoms with Gasteiger partial charge in [-0.05, 0) is 44.4 Å². The first kappa shape index (κ1) is 20.7. The summed E-state index contributed by atoms with van der Waals surface area (Å²) < 4.78 is 22.3. The van der Waals surface area contributed by atoms with Crippen molar-refractivity contribution >= 4 is 17.2 Å². The Morgan fingerprint density at radius 1 is 1.07 bits per heavy atom. The summed E-state index contributed by atoms with van der Waals surface area (Å²) in [5, 5.41) is 8.84. The minimum absolute atomic E-state index is 0.245. The van der Waals surface area contributed by atoms with Crippen LogP contribution in [0.3, 0.4) is 0 Å². The molecule has 0 fully saturated rings. The predicted molar refractivity (Wildman–Crippen MR) is 111 cm³/mol. The fourth-order valence-corrected chi connectivity index (χ4v) is 3.40. The first-order valence-corrected chi connectivity index (χ1v) is 10.4. The van der Waals surface area contributed by atoms with Gasteiger partial charge in [0.25, 0.3) is 5.91 Å². The van der Waals surface area contributed by atoms with Crippen LogP contribution in [0.2, 0.25) is 0 Å². The van der Waals surface area contributed by atoms with Gasteiger partial charge in [-0.1, -0.05) is 11.2 Å². The molecule has 3 rings (SSSR count). The molecule has 0 aliphatic heterocycles. The first-order chi connectivity index (χ1) is 14.2. The maximum atomic E-state index is 12.7. The van der Waals surface area contributed by atoms with Crippen LogP contribution in [0.1, 0.15) is 36.8 Å². The summed E-state index contributed by atoms with van der Waals surface area (Å²) in [7, 11) is 0. The summed E-state index contributed by atoms with van der Waals surface area (Å²) in [6.07, 6.45) is 0. The Hall–Kier alpha value is -3.00. The Morgan fingerprint density at radius 2 is 1.76 bits per heavy atom. The molecule has 0 spiro atoms. The fourth-order valence-electron chi connectivity index (χ4n) is 2.72. The van der Waals surface area contributed by atoms with Gasteiger partial charge in [0.1, 0.15) is 5.69 Å². The average Bonchev–Trinajstić information content (AvgIpc) is 3.40. The monoisotopic (exact) mass is 416 g/mol. The second kappa shape index (κ2) is 9.97. The van der Waals surface area contributed by atoms with Gasteiger partial charge in [0.15, 0.2) is 17.3 Å². The number of carbonyl (C=O) groups is 1. The van der Waals surface area contributed by atoms with E-state index in [1.165, 1.54) is 0 Å². The van der Waals surface area contributed by atoms with E-state index in [0.717, 1.165) is 4.88 Å². The molecule has 7 nitrogen and oxygen atoms in total. The van der Waals surface area contributed by atoms with E-state index >= 15 is 0 Å². The lowest BCUT2D eigenvalue weighted by Crippen LogP contribution is -2.23. The van der Waals surface area contributed by atoms with Crippen molar-refractivity contribution in [1.29, 1.82) is 0 Å². The quantitative estimate of drug-likeness (QED) is 0.523. The molecule has 1 amide bonds. The summed E-state index contributed by atoms with van der Waals surface area (Å²) in [5.41, 5.74) is 1.06. The molecule has 0 unspecified atom stereocenters. The lowest BCUT2D eigenvalue weighted by molar-refractivity contribution is 0.0949. The number of carbonyl (C=O) groups excluding carboxylic acids is 1. The number of thiophene rings is 1. The number of nitrogens with zero attached hydrogens (tertiary/aromatic N) is 1. The van der Waals surface area contributed by atoms with Crippen LogP contribution >= 0.6 is 11.3 Å². The van der Waals surface area contributed by atoms with Crippen LogP contribution in [-0.4, -0.2) is 30.9 Å². The van der Waals surface area contributed by atoms with Gasteiger partial charge >= 0.3 is 0 Å². The van der Waals surface area contributed by atoms with E-state index in [0.29, 0.717) is 54.1 Å². The highest BCUT2D eigenvalue weighted by Crippen LogP contribution is 2.39.